The van der Waals surface area contributed by atoms with Gasteiger partial charge in [0.2, 0.25) is 5.67 Å². The maximum atomic E-state index is 14.1. The van der Waals surface area contributed by atoms with Gasteiger partial charge < -0.3 is 79.5 Å². The lowest BCUT2D eigenvalue weighted by Gasteiger charge is -2.62. The smallest absolute Gasteiger partial charge is 0.404 e. The Labute approximate surface area is 819 Å². The molecular formula is C103H189F13O22. The molecule has 824 valence electrons. The van der Waals surface area contributed by atoms with Gasteiger partial charge in [-0.15, -0.1) is 0 Å². The third kappa shape index (κ3) is 29.3. The van der Waals surface area contributed by atoms with Crippen molar-refractivity contribution in [1.82, 2.24) is 0 Å². The van der Waals surface area contributed by atoms with Crippen LogP contribution in [0.5, 0.6) is 0 Å². The van der Waals surface area contributed by atoms with Crippen LogP contribution in [0.25, 0.3) is 0 Å². The average molecular weight is 2030 g/mol. The van der Waals surface area contributed by atoms with Crippen molar-refractivity contribution in [2.45, 2.75) is 527 Å². The third-order valence-electron chi connectivity index (χ3n) is 32.6. The van der Waals surface area contributed by atoms with Gasteiger partial charge in [0, 0.05) is 64.2 Å². The molecule has 0 aliphatic heterocycles. The second-order valence-corrected chi connectivity index (χ2v) is 43.9. The van der Waals surface area contributed by atoms with Gasteiger partial charge in [-0.3, -0.25) is 24.0 Å². The summed E-state index contributed by atoms with van der Waals surface area (Å²) in [7, 11) is 1.89. The van der Waals surface area contributed by atoms with Crippen LogP contribution in [0.1, 0.15) is 417 Å². The Morgan fingerprint density at radius 3 is 0.710 bits per heavy atom. The van der Waals surface area contributed by atoms with Crippen molar-refractivity contribution >= 4 is 35.8 Å². The molecule has 0 heterocycles. The summed E-state index contributed by atoms with van der Waals surface area (Å²) in [4.78, 5) is 70.6. The van der Waals surface area contributed by atoms with Gasteiger partial charge >= 0.3 is 60.5 Å². The highest BCUT2D eigenvalue weighted by molar-refractivity contribution is 5.80. The van der Waals surface area contributed by atoms with Crippen LogP contribution in [0.4, 0.5) is 57.1 Å². The second-order valence-electron chi connectivity index (χ2n) is 43.9. The van der Waals surface area contributed by atoms with E-state index in [0.717, 1.165) is 106 Å². The Morgan fingerprint density at radius 1 is 0.268 bits per heavy atom. The number of alkyl halides is 13. The van der Waals surface area contributed by atoms with Gasteiger partial charge in [0.05, 0.1) is 77.2 Å². The van der Waals surface area contributed by atoms with Gasteiger partial charge in [0.15, 0.2) is 21.7 Å². The van der Waals surface area contributed by atoms with Crippen LogP contribution in [-0.2, 0) is 57.2 Å². The number of esters is 6. The first-order chi connectivity index (χ1) is 57.3. The highest BCUT2D eigenvalue weighted by atomic mass is 19.4. The summed E-state index contributed by atoms with van der Waals surface area (Å²) in [5, 5.41) is 102. The van der Waals surface area contributed by atoms with Crippen molar-refractivity contribution in [2.75, 3.05) is 14.2 Å². The Bertz CT molecular complexity index is 3660. The van der Waals surface area contributed by atoms with Crippen LogP contribution in [0.3, 0.4) is 0 Å². The number of carbonyl (C=O) groups is 6. The summed E-state index contributed by atoms with van der Waals surface area (Å²) < 4.78 is 197. The molecule has 22 nitrogen and oxygen atoms in total. The maximum Gasteiger partial charge on any atom is 0.404 e. The highest BCUT2D eigenvalue weighted by Crippen LogP contribution is 2.66. The minimum absolute atomic E-state index is 0. The fraction of sp³-hybridized carbons (Fsp3) is 0.942. The van der Waals surface area contributed by atoms with E-state index in [9.17, 15) is 137 Å². The lowest BCUT2D eigenvalue weighted by molar-refractivity contribution is -0.277. The molecule has 0 aromatic heterocycles. The van der Waals surface area contributed by atoms with Crippen LogP contribution in [0.2, 0.25) is 0 Å². The molecule has 20 saturated carbocycles. The van der Waals surface area contributed by atoms with E-state index < -0.39 is 168 Å². The Kier molecular flexibility index (Phi) is 48.6. The van der Waals surface area contributed by atoms with E-state index in [1.807, 2.05) is 20.8 Å². The largest absolute Gasteiger partial charge is 0.468 e. The van der Waals surface area contributed by atoms with Gasteiger partial charge in [-0.1, -0.05) is 131 Å². The normalized spacial score (nSPS) is 37.9. The number of ether oxygens (including phenoxy) is 6. The lowest BCUT2D eigenvalue weighted by Crippen LogP contribution is -2.67. The number of aliphatic hydroxyl groups is 10. The van der Waals surface area contributed by atoms with E-state index in [1.54, 1.807) is 6.92 Å². The zero-order valence-electron chi connectivity index (χ0n) is 75.9. The summed E-state index contributed by atoms with van der Waals surface area (Å²) in [6.07, 6.45) is 1.00. The van der Waals surface area contributed by atoms with E-state index in [2.05, 4.69) is 9.47 Å². The maximum absolute atomic E-state index is 14.1. The summed E-state index contributed by atoms with van der Waals surface area (Å²) >= 11 is 0. The standard InChI is InChI=1S/C16H23F3O4.C16H23F3O3.C16H26O4.C15H23FO4.2C7H11F3O2.C7H12O2.C7H12O.12CH4/c1-3-12(2,16(17,18)19)11(20)23-15-6-10-4-13(21,8-15)7-14(22,5-10)9-15;1-3-13(2,16(17,18)19)12(20)22-15-7-10-4-11(8-15)6-14(21,5-10)9-15;1-4-13(2,3)12(17)20-16-7-11-5-14(18,9-16)8-15(19,6-11)10-16;1-3-12(2,16)11(17)20-15-6-10-4-13(18,8-15)7-14(19,5-10)9-15;2*1-4-6(2,5(11)12-3)7(8,9)10;8-6-4-1-2-5(3-4)7(6)9;8-7-4-5-1-2-6(7)3-5;;;;;;;;;;;;/h10,21-22H,3-9H2,1-2H3;10-11,21H,3-9H2,1-2H3;11,18-19H,4-10H2,1-3H3;10,18-19H,3-9H2,1-2H3;2*4H2,1-3H3;4-9H,1-3H2;5-8H,1-4H2;12*1H4. The number of hydrogen-bond acceptors (Lipinski definition) is 22. The van der Waals surface area contributed by atoms with Gasteiger partial charge in [-0.25, -0.2) is 9.18 Å². The molecule has 20 atom stereocenters. The molecule has 35 heteroatoms. The number of fused-ring (bicyclic) bond motifs is 4. The second kappa shape index (κ2) is 48.0. The lowest BCUT2D eigenvalue weighted by atomic mass is 9.50. The molecule has 0 amide bonds. The third-order valence-corrected chi connectivity index (χ3v) is 32.6. The zero-order chi connectivity index (χ0) is 95.3. The van der Waals surface area contributed by atoms with Crippen LogP contribution in [-0.4, -0.2) is 211 Å². The topological polar surface area (TPSA) is 360 Å². The molecule has 20 rings (SSSR count). The van der Waals surface area contributed by atoms with Crippen molar-refractivity contribution in [3.63, 3.8) is 0 Å². The van der Waals surface area contributed by atoms with Crippen LogP contribution in [0, 0.1) is 80.3 Å². The van der Waals surface area contributed by atoms with Crippen molar-refractivity contribution in [2.24, 2.45) is 80.3 Å². The minimum atomic E-state index is -4.70. The molecule has 20 aliphatic rings. The van der Waals surface area contributed by atoms with Crippen molar-refractivity contribution in [1.29, 1.82) is 0 Å². The Morgan fingerprint density at radius 2 is 0.514 bits per heavy atom. The first-order valence-corrected chi connectivity index (χ1v) is 45.4. The zero-order valence-corrected chi connectivity index (χ0v) is 75.9. The van der Waals surface area contributed by atoms with Gasteiger partial charge in [0.1, 0.15) is 22.4 Å². The minimum Gasteiger partial charge on any atom is -0.468 e. The fourth-order valence-corrected chi connectivity index (χ4v) is 25.6. The molecule has 20 fully saturated rings. The molecule has 20 bridgehead atoms. The summed E-state index contributed by atoms with van der Waals surface area (Å²) in [6.45, 7) is 17.2. The molecule has 138 heavy (non-hydrogen) atoms. The summed E-state index contributed by atoms with van der Waals surface area (Å²) in [5.41, 5.74) is -22.7. The molecule has 0 aromatic rings. The van der Waals surface area contributed by atoms with Gasteiger partial charge in [-0.2, -0.15) is 52.7 Å². The number of hydrogen-bond donors (Lipinski definition) is 10. The monoisotopic (exact) mass is 2030 g/mol. The Hall–Kier alpha value is -4.49. The van der Waals surface area contributed by atoms with E-state index in [-0.39, 0.29) is 182 Å². The fourth-order valence-electron chi connectivity index (χ4n) is 25.6. The molecule has 20 aliphatic carbocycles. The van der Waals surface area contributed by atoms with Gasteiger partial charge in [0.25, 0.3) is 0 Å². The van der Waals surface area contributed by atoms with E-state index in [4.69, 9.17) is 18.9 Å². The summed E-state index contributed by atoms with van der Waals surface area (Å²) in [5.74, 6) is -2.67. The SMILES string of the molecule is C.C.C.C.C.C.C.C.C.C.C.C.CCC(C)(C(=O)OC)C(F)(F)F.CCC(C)(C(=O)OC)C(F)(F)F.CCC(C)(C(=O)OC12CC3CC(CC(O)(C3)C1)C2)C(F)(F)F.CCC(C)(C(=O)OC12CC3CC(O)(CC(O)(C3)C1)C2)C(F)(F)F.CCC(C)(C)C(=O)OC12CC3CC(O)(CC(O)(C3)C1)C2.CCC(C)(F)C(=O)OC12CC3CC(O)(CC(O)(C3)C1)C2.OC1C2CCC(C2)C1O.OC1CC2CCC1C2. The number of rotatable bonds is 16. The van der Waals surface area contributed by atoms with E-state index >= 15 is 0 Å². The quantitative estimate of drug-likeness (QED) is 0.0390. The molecular weight excluding hydrogens is 1840 g/mol. The highest BCUT2D eigenvalue weighted by Gasteiger charge is 2.71. The van der Waals surface area contributed by atoms with Crippen molar-refractivity contribution < 1.29 is 165 Å². The number of carbonyl (C=O) groups excluding carboxylic acids is 6. The molecule has 0 radical (unpaired) electrons. The summed E-state index contributed by atoms with van der Waals surface area (Å²) in [6, 6.07) is 0. The van der Waals surface area contributed by atoms with Crippen LogP contribution in [0.15, 0.2) is 0 Å². The van der Waals surface area contributed by atoms with E-state index in [0.29, 0.717) is 120 Å². The molecule has 20 unspecified atom stereocenters. The van der Waals surface area contributed by atoms with E-state index in [1.165, 1.54) is 53.9 Å². The number of halogens is 13. The van der Waals surface area contributed by atoms with Crippen molar-refractivity contribution in [3.05, 3.63) is 0 Å². The first-order valence-electron chi connectivity index (χ1n) is 45.4. The number of methoxy groups -OCH3 is 2. The molecule has 0 aromatic carbocycles. The molecule has 0 saturated heterocycles. The van der Waals surface area contributed by atoms with Crippen LogP contribution >= 0.6 is 0 Å². The van der Waals surface area contributed by atoms with Crippen molar-refractivity contribution in [3.8, 4) is 0 Å². The van der Waals surface area contributed by atoms with Crippen LogP contribution < -0.4 is 0 Å². The predicted molar refractivity (Wildman–Crippen MR) is 509 cm³/mol. The van der Waals surface area contributed by atoms with Gasteiger partial charge in [-0.05, 0) is 275 Å². The predicted octanol–water partition coefficient (Wildman–Crippen LogP) is 23.5. The average Bonchev–Trinajstić information content (AvgIpc) is 0.821. The molecule has 10 N–H and O–H groups in total. The first kappa shape index (κ1) is 140. The molecule has 0 spiro atoms. The number of aliphatic hydroxyl groups excluding tert-OH is 3. The Balaban J connectivity index is -0.000000749.